The number of hydrogen-bond acceptors (Lipinski definition) is 3. The molecule has 0 saturated carbocycles. The van der Waals surface area contributed by atoms with E-state index in [1.165, 1.54) is 6.42 Å². The van der Waals surface area contributed by atoms with Gasteiger partial charge in [-0.25, -0.2) is 0 Å². The first-order valence-corrected chi connectivity index (χ1v) is 5.07. The van der Waals surface area contributed by atoms with Gasteiger partial charge in [-0.05, 0) is 25.1 Å². The minimum atomic E-state index is 0.880. The summed E-state index contributed by atoms with van der Waals surface area (Å²) in [4.78, 5) is 4.28. The van der Waals surface area contributed by atoms with Crippen LogP contribution in [-0.2, 0) is 6.42 Å². The maximum absolute atomic E-state index is 5.21. The van der Waals surface area contributed by atoms with Crippen LogP contribution in [0, 0.1) is 0 Å². The van der Waals surface area contributed by atoms with Crippen LogP contribution in [-0.4, -0.2) is 25.2 Å². The Morgan fingerprint density at radius 1 is 1.43 bits per heavy atom. The standard InChI is InChI=1S/C11H18N2O/c1-3-7-12-9-6-10-11(14-2)5-4-8-13-10/h4-5,8,12H,3,6-7,9H2,1-2H3. The van der Waals surface area contributed by atoms with Gasteiger partial charge in [0.2, 0.25) is 0 Å². The van der Waals surface area contributed by atoms with Crippen LogP contribution in [0.4, 0.5) is 0 Å². The molecule has 3 heteroatoms. The molecule has 1 heterocycles. The molecule has 0 spiro atoms. The highest BCUT2D eigenvalue weighted by Crippen LogP contribution is 2.14. The fraction of sp³-hybridized carbons (Fsp3) is 0.545. The number of rotatable bonds is 6. The van der Waals surface area contributed by atoms with E-state index in [4.69, 9.17) is 4.74 Å². The highest BCUT2D eigenvalue weighted by atomic mass is 16.5. The average molecular weight is 194 g/mol. The molecular formula is C11H18N2O. The van der Waals surface area contributed by atoms with Crippen LogP contribution in [0.3, 0.4) is 0 Å². The molecule has 0 amide bonds. The summed E-state index contributed by atoms with van der Waals surface area (Å²) in [5.41, 5.74) is 1.03. The predicted molar refractivity (Wildman–Crippen MR) is 57.7 cm³/mol. The zero-order chi connectivity index (χ0) is 10.2. The van der Waals surface area contributed by atoms with E-state index in [-0.39, 0.29) is 0 Å². The van der Waals surface area contributed by atoms with Crippen molar-refractivity contribution in [3.05, 3.63) is 24.0 Å². The van der Waals surface area contributed by atoms with Crippen LogP contribution in [0.1, 0.15) is 19.0 Å². The maximum Gasteiger partial charge on any atom is 0.140 e. The van der Waals surface area contributed by atoms with Gasteiger partial charge in [0, 0.05) is 19.2 Å². The normalized spacial score (nSPS) is 10.1. The van der Waals surface area contributed by atoms with Crippen molar-refractivity contribution in [2.45, 2.75) is 19.8 Å². The van der Waals surface area contributed by atoms with Crippen LogP contribution in [0.2, 0.25) is 0 Å². The van der Waals surface area contributed by atoms with Crippen LogP contribution in [0.25, 0.3) is 0 Å². The zero-order valence-corrected chi connectivity index (χ0v) is 8.92. The lowest BCUT2D eigenvalue weighted by Crippen LogP contribution is -2.18. The summed E-state index contributed by atoms with van der Waals surface area (Å²) in [5.74, 6) is 0.880. The van der Waals surface area contributed by atoms with Crippen molar-refractivity contribution >= 4 is 0 Å². The molecule has 0 bridgehead atoms. The van der Waals surface area contributed by atoms with Gasteiger partial charge in [-0.1, -0.05) is 6.92 Å². The Labute approximate surface area is 85.5 Å². The van der Waals surface area contributed by atoms with Gasteiger partial charge in [0.1, 0.15) is 5.75 Å². The molecule has 0 saturated heterocycles. The van der Waals surface area contributed by atoms with E-state index in [1.54, 1.807) is 13.3 Å². The summed E-state index contributed by atoms with van der Waals surface area (Å²) in [5, 5.41) is 3.34. The van der Waals surface area contributed by atoms with E-state index in [9.17, 15) is 0 Å². The van der Waals surface area contributed by atoms with Crippen molar-refractivity contribution < 1.29 is 4.74 Å². The van der Waals surface area contributed by atoms with Crippen LogP contribution < -0.4 is 10.1 Å². The van der Waals surface area contributed by atoms with Gasteiger partial charge in [-0.2, -0.15) is 0 Å². The van der Waals surface area contributed by atoms with Crippen molar-refractivity contribution in [2.75, 3.05) is 20.2 Å². The summed E-state index contributed by atoms with van der Waals surface area (Å²) in [6.45, 7) is 4.19. The number of ether oxygens (including phenoxy) is 1. The Balaban J connectivity index is 2.41. The first kappa shape index (κ1) is 11.0. The largest absolute Gasteiger partial charge is 0.495 e. The molecule has 78 valence electrons. The molecule has 0 aromatic carbocycles. The summed E-state index contributed by atoms with van der Waals surface area (Å²) >= 11 is 0. The molecule has 0 aliphatic carbocycles. The second-order valence-electron chi connectivity index (χ2n) is 3.15. The predicted octanol–water partition coefficient (Wildman–Crippen LogP) is 1.63. The molecule has 1 rings (SSSR count). The van der Waals surface area contributed by atoms with Crippen LogP contribution >= 0.6 is 0 Å². The lowest BCUT2D eigenvalue weighted by molar-refractivity contribution is 0.406. The molecule has 0 atom stereocenters. The third-order valence-corrected chi connectivity index (χ3v) is 2.03. The number of methoxy groups -OCH3 is 1. The lowest BCUT2D eigenvalue weighted by Gasteiger charge is -2.07. The van der Waals surface area contributed by atoms with Gasteiger partial charge in [0.15, 0.2) is 0 Å². The highest BCUT2D eigenvalue weighted by molar-refractivity contribution is 5.26. The summed E-state index contributed by atoms with van der Waals surface area (Å²) in [6, 6.07) is 3.84. The first-order valence-electron chi connectivity index (χ1n) is 5.07. The number of nitrogens with one attached hydrogen (secondary N) is 1. The lowest BCUT2D eigenvalue weighted by atomic mass is 10.2. The van der Waals surface area contributed by atoms with E-state index in [2.05, 4.69) is 17.2 Å². The highest BCUT2D eigenvalue weighted by Gasteiger charge is 2.01. The van der Waals surface area contributed by atoms with E-state index in [0.29, 0.717) is 0 Å². The number of pyridine rings is 1. The minimum absolute atomic E-state index is 0.880. The Bertz CT molecular complexity index is 263. The van der Waals surface area contributed by atoms with E-state index in [0.717, 1.165) is 31.0 Å². The fourth-order valence-corrected chi connectivity index (χ4v) is 1.31. The monoisotopic (exact) mass is 194 g/mol. The van der Waals surface area contributed by atoms with Gasteiger partial charge < -0.3 is 10.1 Å². The molecule has 0 unspecified atom stereocenters. The van der Waals surface area contributed by atoms with E-state index < -0.39 is 0 Å². The quantitative estimate of drug-likeness (QED) is 0.699. The SMILES string of the molecule is CCCNCCc1ncccc1OC. The van der Waals surface area contributed by atoms with Gasteiger partial charge in [0.25, 0.3) is 0 Å². The molecule has 1 aromatic rings. The van der Waals surface area contributed by atoms with Gasteiger partial charge in [-0.3, -0.25) is 4.98 Å². The van der Waals surface area contributed by atoms with Crippen LogP contribution in [0.5, 0.6) is 5.75 Å². The molecule has 0 fully saturated rings. The van der Waals surface area contributed by atoms with Gasteiger partial charge in [0.05, 0.1) is 12.8 Å². The molecule has 0 aliphatic heterocycles. The van der Waals surface area contributed by atoms with Gasteiger partial charge in [-0.15, -0.1) is 0 Å². The third kappa shape index (κ3) is 3.34. The van der Waals surface area contributed by atoms with E-state index in [1.807, 2.05) is 12.1 Å². The Morgan fingerprint density at radius 3 is 3.00 bits per heavy atom. The summed E-state index contributed by atoms with van der Waals surface area (Å²) in [7, 11) is 1.68. The smallest absolute Gasteiger partial charge is 0.140 e. The second-order valence-corrected chi connectivity index (χ2v) is 3.15. The van der Waals surface area contributed by atoms with Crippen molar-refractivity contribution in [3.8, 4) is 5.75 Å². The maximum atomic E-state index is 5.21. The Kier molecular flexibility index (Phi) is 5.00. The number of aromatic nitrogens is 1. The molecule has 3 nitrogen and oxygen atoms in total. The van der Waals surface area contributed by atoms with E-state index >= 15 is 0 Å². The molecule has 1 N–H and O–H groups in total. The minimum Gasteiger partial charge on any atom is -0.495 e. The van der Waals surface area contributed by atoms with Crippen molar-refractivity contribution in [2.24, 2.45) is 0 Å². The number of nitrogens with zero attached hydrogens (tertiary/aromatic N) is 1. The first-order chi connectivity index (χ1) is 6.88. The third-order valence-electron chi connectivity index (χ3n) is 2.03. The summed E-state index contributed by atoms with van der Waals surface area (Å²) in [6.07, 6.45) is 3.89. The fourth-order valence-electron chi connectivity index (χ4n) is 1.31. The number of hydrogen-bond donors (Lipinski definition) is 1. The zero-order valence-electron chi connectivity index (χ0n) is 8.92. The van der Waals surface area contributed by atoms with Crippen LogP contribution in [0.15, 0.2) is 18.3 Å². The van der Waals surface area contributed by atoms with Crippen molar-refractivity contribution in [1.29, 1.82) is 0 Å². The molecular weight excluding hydrogens is 176 g/mol. The van der Waals surface area contributed by atoms with Gasteiger partial charge >= 0.3 is 0 Å². The summed E-state index contributed by atoms with van der Waals surface area (Å²) < 4.78 is 5.21. The molecule has 0 aliphatic rings. The Morgan fingerprint density at radius 2 is 2.29 bits per heavy atom. The molecule has 14 heavy (non-hydrogen) atoms. The Hall–Kier alpha value is -1.09. The topological polar surface area (TPSA) is 34.2 Å². The van der Waals surface area contributed by atoms with Crippen molar-refractivity contribution in [1.82, 2.24) is 10.3 Å². The molecule has 1 aromatic heterocycles. The second kappa shape index (κ2) is 6.38. The van der Waals surface area contributed by atoms with Crippen molar-refractivity contribution in [3.63, 3.8) is 0 Å². The molecule has 0 radical (unpaired) electrons. The average Bonchev–Trinajstić information content (AvgIpc) is 2.25.